The zero-order valence-electron chi connectivity index (χ0n) is 16.1. The minimum absolute atomic E-state index is 0.00521. The van der Waals surface area contributed by atoms with Gasteiger partial charge in [0.05, 0.1) is 15.9 Å². The van der Waals surface area contributed by atoms with E-state index in [1.807, 2.05) is 36.2 Å². The molecule has 1 atom stereocenters. The van der Waals surface area contributed by atoms with Crippen LogP contribution in [0.25, 0.3) is 0 Å². The Bertz CT molecular complexity index is 972. The molecule has 1 N–H and O–H groups in total. The molecule has 0 radical (unpaired) electrons. The summed E-state index contributed by atoms with van der Waals surface area (Å²) in [7, 11) is -0.131. The highest BCUT2D eigenvalue weighted by Crippen LogP contribution is 2.40. The van der Waals surface area contributed by atoms with Crippen LogP contribution in [0.1, 0.15) is 23.4 Å². The van der Waals surface area contributed by atoms with Crippen molar-refractivity contribution in [2.75, 3.05) is 38.6 Å². The molecule has 8 nitrogen and oxygen atoms in total. The molecule has 0 spiro atoms. The van der Waals surface area contributed by atoms with Gasteiger partial charge >= 0.3 is 0 Å². The second kappa shape index (κ2) is 8.16. The predicted molar refractivity (Wildman–Crippen MR) is 111 cm³/mol. The summed E-state index contributed by atoms with van der Waals surface area (Å²) < 4.78 is 27.5. The molecule has 2 heterocycles. The minimum atomic E-state index is -3.81. The lowest BCUT2D eigenvalue weighted by atomic mass is 10.0. The lowest BCUT2D eigenvalue weighted by Gasteiger charge is -2.35. The molecule has 1 aromatic carbocycles. The molecule has 3 rings (SSSR count). The Labute approximate surface area is 169 Å². The van der Waals surface area contributed by atoms with Gasteiger partial charge in [0.15, 0.2) is 0 Å². The van der Waals surface area contributed by atoms with Crippen LogP contribution in [0.3, 0.4) is 0 Å². The van der Waals surface area contributed by atoms with Gasteiger partial charge in [-0.1, -0.05) is 0 Å². The van der Waals surface area contributed by atoms with Crippen molar-refractivity contribution in [3.8, 4) is 0 Å². The van der Waals surface area contributed by atoms with Gasteiger partial charge in [-0.2, -0.15) is 0 Å². The Kier molecular flexibility index (Phi) is 6.04. The van der Waals surface area contributed by atoms with E-state index < -0.39 is 14.9 Å². The number of nitro groups is 1. The molecule has 1 aliphatic heterocycles. The summed E-state index contributed by atoms with van der Waals surface area (Å²) in [5.74, 6) is 0. The van der Waals surface area contributed by atoms with Gasteiger partial charge in [0.2, 0.25) is 10.0 Å². The van der Waals surface area contributed by atoms with Crippen LogP contribution in [0, 0.1) is 10.1 Å². The maximum atomic E-state index is 12.5. The van der Waals surface area contributed by atoms with Crippen LogP contribution in [0.2, 0.25) is 0 Å². The predicted octanol–water partition coefficient (Wildman–Crippen LogP) is 2.62. The molecule has 0 saturated carbocycles. The van der Waals surface area contributed by atoms with Gasteiger partial charge < -0.3 is 9.80 Å². The van der Waals surface area contributed by atoms with Crippen molar-refractivity contribution in [1.82, 2.24) is 9.62 Å². The first-order valence-corrected chi connectivity index (χ1v) is 11.3. The van der Waals surface area contributed by atoms with E-state index in [4.69, 9.17) is 0 Å². The molecule has 1 aliphatic rings. The van der Waals surface area contributed by atoms with E-state index in [-0.39, 0.29) is 23.2 Å². The lowest BCUT2D eigenvalue weighted by molar-refractivity contribution is -0.384. The third-order valence-electron chi connectivity index (χ3n) is 4.89. The molecule has 2 aromatic rings. The molecule has 0 saturated heterocycles. The van der Waals surface area contributed by atoms with Crippen molar-refractivity contribution in [3.05, 3.63) is 50.2 Å². The molecule has 152 valence electrons. The summed E-state index contributed by atoms with van der Waals surface area (Å²) in [6, 6.07) is 6.19. The summed E-state index contributed by atoms with van der Waals surface area (Å²) in [4.78, 5) is 16.2. The zero-order chi connectivity index (χ0) is 20.5. The molecular weight excluding hydrogens is 400 g/mol. The number of nitrogens with one attached hydrogen (secondary N) is 1. The summed E-state index contributed by atoms with van der Waals surface area (Å²) in [5.41, 5.74) is 1.43. The number of rotatable bonds is 7. The second-order valence-electron chi connectivity index (χ2n) is 7.03. The molecule has 0 amide bonds. The molecular formula is C18H24N4O4S2. The summed E-state index contributed by atoms with van der Waals surface area (Å²) in [6.45, 7) is 3.44. The number of nitrogens with zero attached hydrogens (tertiary/aromatic N) is 3. The normalized spacial score (nSPS) is 17.0. The maximum Gasteiger partial charge on any atom is 0.293 e. The third-order valence-corrected chi connectivity index (χ3v) is 7.35. The molecule has 10 heteroatoms. The lowest BCUT2D eigenvalue weighted by Crippen LogP contribution is -2.34. The fourth-order valence-corrected chi connectivity index (χ4v) is 5.39. The van der Waals surface area contributed by atoms with Crippen LogP contribution in [0.4, 0.5) is 11.4 Å². The van der Waals surface area contributed by atoms with Crippen LogP contribution in [-0.4, -0.2) is 52.0 Å². The average Bonchev–Trinajstić information content (AvgIpc) is 3.10. The Balaban J connectivity index is 1.91. The van der Waals surface area contributed by atoms with Gasteiger partial charge in [0, 0.05) is 30.6 Å². The topological polar surface area (TPSA) is 95.8 Å². The first kappa shape index (κ1) is 20.7. The summed E-state index contributed by atoms with van der Waals surface area (Å²) >= 11 is 1.70. The van der Waals surface area contributed by atoms with Crippen molar-refractivity contribution < 1.29 is 13.3 Å². The fraction of sp³-hybridized carbons (Fsp3) is 0.444. The highest BCUT2D eigenvalue weighted by molar-refractivity contribution is 7.89. The fourth-order valence-electron chi connectivity index (χ4n) is 3.39. The molecule has 0 bridgehead atoms. The number of nitro benzene ring substituents is 1. The van der Waals surface area contributed by atoms with Crippen molar-refractivity contribution >= 4 is 32.7 Å². The molecule has 1 unspecified atom stereocenters. The first-order valence-electron chi connectivity index (χ1n) is 8.96. The standard InChI is InChI=1S/C18H24N4O4S2/c1-13-15-7-11-27-18(15)6-9-21(13)16-5-4-14(12-17(16)22(23)24)28(25,26)19-8-10-20(2)3/h4-5,7,11-13,19H,6,8-10H2,1-3H3. The molecule has 1 aromatic heterocycles. The van der Waals surface area contributed by atoms with E-state index in [1.165, 1.54) is 16.5 Å². The molecule has 0 fully saturated rings. The van der Waals surface area contributed by atoms with Gasteiger partial charge in [-0.25, -0.2) is 13.1 Å². The quantitative estimate of drug-likeness (QED) is 0.542. The average molecular weight is 425 g/mol. The van der Waals surface area contributed by atoms with Crippen molar-refractivity contribution in [3.63, 3.8) is 0 Å². The smallest absolute Gasteiger partial charge is 0.293 e. The van der Waals surface area contributed by atoms with Gasteiger partial charge in [-0.15, -0.1) is 11.3 Å². The number of anilines is 1. The minimum Gasteiger partial charge on any atom is -0.359 e. The van der Waals surface area contributed by atoms with Crippen LogP contribution < -0.4 is 9.62 Å². The van der Waals surface area contributed by atoms with Gasteiger partial charge in [-0.05, 0) is 56.6 Å². The number of benzene rings is 1. The highest BCUT2D eigenvalue weighted by Gasteiger charge is 2.30. The maximum absolute atomic E-state index is 12.5. The molecule has 0 aliphatic carbocycles. The van der Waals surface area contributed by atoms with Crippen LogP contribution >= 0.6 is 11.3 Å². The number of hydrogen-bond acceptors (Lipinski definition) is 7. The Hall–Kier alpha value is -2.01. The third kappa shape index (κ3) is 4.19. The van der Waals surface area contributed by atoms with Crippen LogP contribution in [0.15, 0.2) is 34.5 Å². The number of sulfonamides is 1. The number of fused-ring (bicyclic) bond motifs is 1. The van der Waals surface area contributed by atoms with E-state index in [0.29, 0.717) is 18.8 Å². The van der Waals surface area contributed by atoms with Crippen LogP contribution in [0.5, 0.6) is 0 Å². The highest BCUT2D eigenvalue weighted by atomic mass is 32.2. The number of hydrogen-bond donors (Lipinski definition) is 1. The van der Waals surface area contributed by atoms with E-state index in [9.17, 15) is 18.5 Å². The molecule has 28 heavy (non-hydrogen) atoms. The Morgan fingerprint density at radius 2 is 2.11 bits per heavy atom. The summed E-state index contributed by atoms with van der Waals surface area (Å²) in [6.07, 6.45) is 0.820. The number of likely N-dealkylation sites (N-methyl/N-ethyl adjacent to an activating group) is 1. The van der Waals surface area contributed by atoms with Crippen molar-refractivity contribution in [2.45, 2.75) is 24.3 Å². The van der Waals surface area contributed by atoms with Gasteiger partial charge in [0.25, 0.3) is 5.69 Å². The number of thiophene rings is 1. The summed E-state index contributed by atoms with van der Waals surface area (Å²) in [5, 5.41) is 13.7. The second-order valence-corrected chi connectivity index (χ2v) is 9.79. The monoisotopic (exact) mass is 424 g/mol. The van der Waals surface area contributed by atoms with Crippen molar-refractivity contribution in [1.29, 1.82) is 0 Å². The largest absolute Gasteiger partial charge is 0.359 e. The van der Waals surface area contributed by atoms with Gasteiger partial charge in [0.1, 0.15) is 5.69 Å². The van der Waals surface area contributed by atoms with Crippen molar-refractivity contribution in [2.24, 2.45) is 0 Å². The Morgan fingerprint density at radius 1 is 1.36 bits per heavy atom. The van der Waals surface area contributed by atoms with E-state index in [1.54, 1.807) is 17.4 Å². The van der Waals surface area contributed by atoms with E-state index in [0.717, 1.165) is 12.5 Å². The van der Waals surface area contributed by atoms with E-state index in [2.05, 4.69) is 10.8 Å². The van der Waals surface area contributed by atoms with Crippen LogP contribution in [-0.2, 0) is 16.4 Å². The van der Waals surface area contributed by atoms with Gasteiger partial charge in [-0.3, -0.25) is 10.1 Å². The Morgan fingerprint density at radius 3 is 2.79 bits per heavy atom. The zero-order valence-corrected chi connectivity index (χ0v) is 17.7. The van der Waals surface area contributed by atoms with E-state index >= 15 is 0 Å². The first-order chi connectivity index (χ1) is 13.2. The SMILES string of the molecule is CC1c2ccsc2CCN1c1ccc(S(=O)(=O)NCCN(C)C)cc1[N+](=O)[O-].